The summed E-state index contributed by atoms with van der Waals surface area (Å²) in [6.07, 6.45) is 1.28. The molecule has 364 valence electrons. The number of benzene rings is 4. The van der Waals surface area contributed by atoms with Crippen molar-refractivity contribution in [1.29, 1.82) is 0 Å². The maximum Gasteiger partial charge on any atom is 0.410 e. The second-order valence-electron chi connectivity index (χ2n) is 18.1. The Morgan fingerprint density at radius 1 is 0.853 bits per heavy atom. The number of fused-ring (bicyclic) bond motifs is 2. The number of anilines is 1. The second kappa shape index (κ2) is 21.8. The molecule has 0 N–H and O–H groups in total. The van der Waals surface area contributed by atoms with E-state index in [2.05, 4.69) is 55.7 Å². The van der Waals surface area contributed by atoms with Gasteiger partial charge in [-0.2, -0.15) is 22.1 Å². The molecule has 1 amide bonds. The fourth-order valence-electron chi connectivity index (χ4n) is 8.74. The summed E-state index contributed by atoms with van der Waals surface area (Å²) >= 11 is 3.76. The summed E-state index contributed by atoms with van der Waals surface area (Å²) in [5.74, 6) is 1.05. The molecule has 0 bridgehead atoms. The fourth-order valence-corrected chi connectivity index (χ4v) is 10.5. The number of para-hydroxylation sites is 1. The Morgan fingerprint density at radius 2 is 1.54 bits per heavy atom. The van der Waals surface area contributed by atoms with Crippen LogP contribution in [0.4, 0.5) is 10.5 Å². The Hall–Kier alpha value is -5.62. The van der Waals surface area contributed by atoms with E-state index in [1.807, 2.05) is 94.0 Å². The number of aryl methyl sites for hydroxylation is 3. The lowest BCUT2D eigenvalue weighted by molar-refractivity contribution is 0.0294. The van der Waals surface area contributed by atoms with Crippen molar-refractivity contribution in [1.82, 2.24) is 27.9 Å². The van der Waals surface area contributed by atoms with Gasteiger partial charge in [0, 0.05) is 100 Å². The second-order valence-corrected chi connectivity index (χ2v) is 20.8. The van der Waals surface area contributed by atoms with Crippen LogP contribution in [0.2, 0.25) is 0 Å². The first-order valence-corrected chi connectivity index (χ1v) is 25.7. The van der Waals surface area contributed by atoms with Crippen LogP contribution >= 0.6 is 15.9 Å². The standard InChI is InChI=1S/C51H64BrN7O8S/c1-9-64-49(60)48-41(21-14-33-65-45-22-12-17-36-16-10-11-18-39(36)45)40-19-13-20-42(47(40)59(48)28-15-27-55(7)50(61)67-51(2,3)4)46-43(53-56(8)44(46)34-52)35-66-38-25-23-37(24-26-38)57-29-31-58(32-30-57)68(62,63)54(5)6/h10-13,16-20,22-26H,9,14-15,21,27-35H2,1-8H3. The van der Waals surface area contributed by atoms with Crippen molar-refractivity contribution in [3.05, 3.63) is 108 Å². The van der Waals surface area contributed by atoms with Crippen molar-refractivity contribution < 1.29 is 37.0 Å². The number of hydrogen-bond donors (Lipinski definition) is 0. The maximum absolute atomic E-state index is 14.3. The molecule has 0 atom stereocenters. The van der Waals surface area contributed by atoms with Crippen molar-refractivity contribution in [2.24, 2.45) is 7.05 Å². The Morgan fingerprint density at radius 3 is 2.24 bits per heavy atom. The number of piperazine rings is 1. The third-order valence-electron chi connectivity index (χ3n) is 12.1. The van der Waals surface area contributed by atoms with Crippen molar-refractivity contribution in [3.63, 3.8) is 0 Å². The van der Waals surface area contributed by atoms with Crippen LogP contribution in [-0.2, 0) is 51.6 Å². The van der Waals surface area contributed by atoms with Crippen molar-refractivity contribution in [3.8, 4) is 22.6 Å². The smallest absolute Gasteiger partial charge is 0.410 e. The molecule has 2 aromatic heterocycles. The number of carbonyl (C=O) groups is 2. The predicted molar refractivity (Wildman–Crippen MR) is 271 cm³/mol. The van der Waals surface area contributed by atoms with Crippen LogP contribution < -0.4 is 14.4 Å². The van der Waals surface area contributed by atoms with Gasteiger partial charge in [-0.05, 0) is 88.2 Å². The van der Waals surface area contributed by atoms with Gasteiger partial charge in [-0.3, -0.25) is 4.68 Å². The maximum atomic E-state index is 14.3. The first-order valence-electron chi connectivity index (χ1n) is 23.1. The molecule has 1 aliphatic rings. The molecular weight excluding hydrogens is 951 g/mol. The zero-order valence-electron chi connectivity index (χ0n) is 40.5. The van der Waals surface area contributed by atoms with Gasteiger partial charge < -0.3 is 33.3 Å². The van der Waals surface area contributed by atoms with Crippen molar-refractivity contribution in [2.75, 3.05) is 72.0 Å². The molecule has 1 saturated heterocycles. The third-order valence-corrected chi connectivity index (χ3v) is 14.5. The van der Waals surface area contributed by atoms with E-state index in [0.29, 0.717) is 81.9 Å². The van der Waals surface area contributed by atoms with E-state index in [9.17, 15) is 18.0 Å². The van der Waals surface area contributed by atoms with E-state index < -0.39 is 27.9 Å². The average Bonchev–Trinajstić information content (AvgIpc) is 3.82. The Kier molecular flexibility index (Phi) is 16.1. The minimum absolute atomic E-state index is 0.164. The lowest BCUT2D eigenvalue weighted by atomic mass is 9.98. The highest BCUT2D eigenvalue weighted by molar-refractivity contribution is 9.08. The predicted octanol–water partition coefficient (Wildman–Crippen LogP) is 9.04. The summed E-state index contributed by atoms with van der Waals surface area (Å²) in [5, 5.41) is 8.57. The van der Waals surface area contributed by atoms with E-state index >= 15 is 0 Å². The summed E-state index contributed by atoms with van der Waals surface area (Å²) < 4.78 is 56.4. The third kappa shape index (κ3) is 11.3. The van der Waals surface area contributed by atoms with E-state index in [1.54, 1.807) is 26.0 Å². The molecule has 0 radical (unpaired) electrons. The number of halogens is 1. The molecular formula is C51H64BrN7O8S. The Bertz CT molecular complexity index is 2820. The number of alkyl halides is 1. The molecule has 1 fully saturated rings. The molecule has 0 saturated carbocycles. The van der Waals surface area contributed by atoms with Crippen LogP contribution in [0.15, 0.2) is 84.9 Å². The highest BCUT2D eigenvalue weighted by Crippen LogP contribution is 2.40. The van der Waals surface area contributed by atoms with Crippen molar-refractivity contribution >= 4 is 65.6 Å². The average molecular weight is 1020 g/mol. The van der Waals surface area contributed by atoms with Gasteiger partial charge in [0.25, 0.3) is 10.2 Å². The van der Waals surface area contributed by atoms with Gasteiger partial charge in [-0.25, -0.2) is 9.59 Å². The minimum atomic E-state index is -3.46. The SMILES string of the molecule is CCOC(=O)c1c(CCCOc2cccc3ccccc23)c2cccc(-c3c(COc4ccc(N5CCN(S(=O)(=O)N(C)C)CC5)cc4)nn(C)c3CBr)c2n1CCCN(C)C(=O)OC(C)(C)C. The van der Waals surface area contributed by atoms with Crippen molar-refractivity contribution in [2.45, 2.75) is 71.0 Å². The first-order chi connectivity index (χ1) is 32.5. The first kappa shape index (κ1) is 50.3. The number of nitrogens with zero attached hydrogens (tertiary/aromatic N) is 7. The molecule has 4 aromatic carbocycles. The number of amides is 1. The Labute approximate surface area is 408 Å². The highest BCUT2D eigenvalue weighted by atomic mass is 79.9. The van der Waals surface area contributed by atoms with Crippen LogP contribution in [0.3, 0.4) is 0 Å². The number of ether oxygens (including phenoxy) is 4. The normalized spacial score (nSPS) is 13.6. The molecule has 7 rings (SSSR count). The van der Waals surface area contributed by atoms with Crippen LogP contribution in [0.25, 0.3) is 32.8 Å². The summed E-state index contributed by atoms with van der Waals surface area (Å²) in [5.41, 5.74) is 5.98. The van der Waals surface area contributed by atoms with Crippen LogP contribution in [0, 0.1) is 0 Å². The lowest BCUT2D eigenvalue weighted by Crippen LogP contribution is -2.51. The van der Waals surface area contributed by atoms with E-state index in [1.165, 1.54) is 8.61 Å². The summed E-state index contributed by atoms with van der Waals surface area (Å²) in [6, 6.07) is 28.2. The molecule has 0 aliphatic carbocycles. The fraction of sp³-hybridized carbons (Fsp3) is 0.431. The van der Waals surface area contributed by atoms with Crippen LogP contribution in [0.5, 0.6) is 11.5 Å². The zero-order chi connectivity index (χ0) is 48.8. The van der Waals surface area contributed by atoms with E-state index in [-0.39, 0.29) is 13.2 Å². The summed E-state index contributed by atoms with van der Waals surface area (Å²) in [6.45, 7) is 10.9. The van der Waals surface area contributed by atoms with Crippen LogP contribution in [0.1, 0.15) is 68.0 Å². The number of hydrogen-bond acceptors (Lipinski definition) is 10. The molecule has 3 heterocycles. The molecule has 0 spiro atoms. The molecule has 15 nitrogen and oxygen atoms in total. The lowest BCUT2D eigenvalue weighted by Gasteiger charge is -2.36. The largest absolute Gasteiger partial charge is 0.493 e. The van der Waals surface area contributed by atoms with E-state index in [0.717, 1.165) is 61.2 Å². The molecule has 6 aromatic rings. The number of esters is 1. The Balaban J connectivity index is 1.21. The topological polar surface area (TPSA) is 141 Å². The molecule has 0 unspecified atom stereocenters. The highest BCUT2D eigenvalue weighted by Gasteiger charge is 2.30. The van der Waals surface area contributed by atoms with Crippen LogP contribution in [-0.4, -0.2) is 121 Å². The van der Waals surface area contributed by atoms with Gasteiger partial charge in [0.05, 0.1) is 24.4 Å². The van der Waals surface area contributed by atoms with Gasteiger partial charge in [-0.15, -0.1) is 0 Å². The quantitative estimate of drug-likeness (QED) is 0.0439. The zero-order valence-corrected chi connectivity index (χ0v) is 42.9. The molecule has 68 heavy (non-hydrogen) atoms. The number of rotatable bonds is 19. The summed E-state index contributed by atoms with van der Waals surface area (Å²) in [4.78, 5) is 31.1. The molecule has 1 aliphatic heterocycles. The van der Waals surface area contributed by atoms with Gasteiger partial charge in [0.2, 0.25) is 0 Å². The summed E-state index contributed by atoms with van der Waals surface area (Å²) in [7, 11) is 3.28. The van der Waals surface area contributed by atoms with Gasteiger partial charge in [-0.1, -0.05) is 70.5 Å². The van der Waals surface area contributed by atoms with Gasteiger partial charge in [0.15, 0.2) is 0 Å². The van der Waals surface area contributed by atoms with Gasteiger partial charge in [0.1, 0.15) is 35.1 Å². The van der Waals surface area contributed by atoms with Gasteiger partial charge >= 0.3 is 12.1 Å². The minimum Gasteiger partial charge on any atom is -0.493 e. The monoisotopic (exact) mass is 1010 g/mol. The number of carbonyl (C=O) groups excluding carboxylic acids is 2. The number of aromatic nitrogens is 3. The molecule has 17 heteroatoms. The van der Waals surface area contributed by atoms with E-state index in [4.69, 9.17) is 24.0 Å².